The summed E-state index contributed by atoms with van der Waals surface area (Å²) in [5.41, 5.74) is -1.40. The van der Waals surface area contributed by atoms with E-state index in [0.29, 0.717) is 7.11 Å². The number of nitrogens with one attached hydrogen (secondary N) is 1. The Bertz CT molecular complexity index is 759. The van der Waals surface area contributed by atoms with Crippen LogP contribution in [0.4, 0.5) is 61.9 Å². The molecule has 0 heterocycles. The van der Waals surface area contributed by atoms with Crippen molar-refractivity contribution in [3.8, 4) is 0 Å². The molecule has 0 fully saturated rings. The lowest BCUT2D eigenvalue weighted by molar-refractivity contribution is -0.443. The van der Waals surface area contributed by atoms with Crippen LogP contribution in [-0.4, -0.2) is 66.6 Å². The van der Waals surface area contributed by atoms with Gasteiger partial charge in [0, 0.05) is 0 Å². The minimum Gasteiger partial charge on any atom is -0.467 e. The van der Waals surface area contributed by atoms with Gasteiger partial charge >= 0.3 is 47.9 Å². The molecular weight excluding hydrogens is 517 g/mol. The second-order valence-electron chi connectivity index (χ2n) is 7.85. The Morgan fingerprint density at radius 2 is 1.09 bits per heavy atom. The monoisotopic (exact) mass is 535 g/mol. The molecule has 0 spiro atoms. The number of methoxy groups -OCH3 is 1. The molecule has 0 aliphatic rings. The summed E-state index contributed by atoms with van der Waals surface area (Å²) in [5.74, 6) is -44.0. The predicted octanol–water partition coefficient (Wildman–Crippen LogP) is 5.43. The van der Waals surface area contributed by atoms with Crippen LogP contribution in [-0.2, 0) is 14.3 Å². The van der Waals surface area contributed by atoms with E-state index < -0.39 is 65.4 Å². The van der Waals surface area contributed by atoms with E-state index in [1.54, 1.807) is 0 Å². The van der Waals surface area contributed by atoms with Gasteiger partial charge in [0.15, 0.2) is 0 Å². The van der Waals surface area contributed by atoms with Crippen LogP contribution < -0.4 is 5.32 Å². The maximum Gasteiger partial charge on any atom is 0.460 e. The van der Waals surface area contributed by atoms with E-state index in [0.717, 1.165) is 0 Å². The van der Waals surface area contributed by atoms with Gasteiger partial charge in [0.2, 0.25) is 0 Å². The molecule has 0 saturated heterocycles. The molecule has 0 aliphatic heterocycles. The van der Waals surface area contributed by atoms with Crippen LogP contribution in [0.15, 0.2) is 0 Å². The molecule has 18 heteroatoms. The fraction of sp³-hybridized carbons (Fsp3) is 0.875. The van der Waals surface area contributed by atoms with E-state index in [-0.39, 0.29) is 6.92 Å². The number of halogens is 13. The van der Waals surface area contributed by atoms with Crippen molar-refractivity contribution in [2.75, 3.05) is 7.11 Å². The zero-order chi connectivity index (χ0) is 27.9. The van der Waals surface area contributed by atoms with Crippen LogP contribution in [0.25, 0.3) is 0 Å². The number of amides is 1. The first kappa shape index (κ1) is 31.8. The molecule has 0 rings (SSSR count). The van der Waals surface area contributed by atoms with Crippen LogP contribution in [0.1, 0.15) is 27.7 Å². The molecule has 2 atom stereocenters. The van der Waals surface area contributed by atoms with E-state index in [4.69, 9.17) is 0 Å². The lowest BCUT2D eigenvalue weighted by Crippen LogP contribution is -2.72. The molecule has 202 valence electrons. The fourth-order valence-electron chi connectivity index (χ4n) is 2.23. The largest absolute Gasteiger partial charge is 0.467 e. The zero-order valence-electron chi connectivity index (χ0n) is 17.7. The molecule has 0 aromatic rings. The molecule has 2 unspecified atom stereocenters. The molecule has 0 aromatic heterocycles. The topological polar surface area (TPSA) is 64.6 Å². The molecule has 34 heavy (non-hydrogen) atoms. The number of ether oxygens (including phenoxy) is 2. The van der Waals surface area contributed by atoms with Crippen molar-refractivity contribution in [2.45, 2.75) is 75.1 Å². The van der Waals surface area contributed by atoms with Crippen LogP contribution in [0.5, 0.6) is 0 Å². The third-order valence-corrected chi connectivity index (χ3v) is 4.16. The molecule has 0 bridgehead atoms. The standard InChI is InChI=1S/C16H18F13NO4/c1-6(7(8(31)33-5)30-9(32)34-10(2,3)4)11(17,18)12(19,20)13(21,22)14(23,24)15(25,26)16(27,28)29/h6-7H,1-5H3,(H,30,32). The summed E-state index contributed by atoms with van der Waals surface area (Å²) in [7, 11) is 0.432. The Hall–Kier alpha value is -2.17. The van der Waals surface area contributed by atoms with Gasteiger partial charge in [-0.15, -0.1) is 0 Å². The third-order valence-electron chi connectivity index (χ3n) is 4.16. The Morgan fingerprint density at radius 3 is 1.41 bits per heavy atom. The Labute approximate surface area is 182 Å². The Morgan fingerprint density at radius 1 is 0.706 bits per heavy atom. The first-order valence-electron chi connectivity index (χ1n) is 8.66. The lowest BCUT2D eigenvalue weighted by Gasteiger charge is -2.42. The van der Waals surface area contributed by atoms with Crippen molar-refractivity contribution >= 4 is 12.1 Å². The van der Waals surface area contributed by atoms with Gasteiger partial charge in [0.1, 0.15) is 11.6 Å². The highest BCUT2D eigenvalue weighted by molar-refractivity contribution is 5.81. The van der Waals surface area contributed by atoms with Gasteiger partial charge in [-0.25, -0.2) is 9.59 Å². The smallest absolute Gasteiger partial charge is 0.460 e. The van der Waals surface area contributed by atoms with E-state index in [1.165, 1.54) is 26.1 Å². The van der Waals surface area contributed by atoms with Gasteiger partial charge in [-0.1, -0.05) is 6.92 Å². The molecule has 5 nitrogen and oxygen atoms in total. The van der Waals surface area contributed by atoms with Gasteiger partial charge in [0.05, 0.1) is 13.0 Å². The van der Waals surface area contributed by atoms with Crippen LogP contribution >= 0.6 is 0 Å². The van der Waals surface area contributed by atoms with Crippen molar-refractivity contribution in [3.63, 3.8) is 0 Å². The summed E-state index contributed by atoms with van der Waals surface area (Å²) in [5, 5.41) is 1.24. The number of hydrogen-bond acceptors (Lipinski definition) is 4. The normalized spacial score (nSPS) is 16.5. The highest BCUT2D eigenvalue weighted by Crippen LogP contribution is 2.61. The predicted molar refractivity (Wildman–Crippen MR) is 85.1 cm³/mol. The van der Waals surface area contributed by atoms with Gasteiger partial charge in [0.25, 0.3) is 0 Å². The minimum absolute atomic E-state index is 0.191. The fourth-order valence-corrected chi connectivity index (χ4v) is 2.23. The summed E-state index contributed by atoms with van der Waals surface area (Å²) < 4.78 is 182. The van der Waals surface area contributed by atoms with E-state index in [2.05, 4.69) is 9.47 Å². The number of rotatable bonds is 8. The van der Waals surface area contributed by atoms with Crippen molar-refractivity contribution < 1.29 is 76.1 Å². The van der Waals surface area contributed by atoms with Gasteiger partial charge in [-0.05, 0) is 20.8 Å². The van der Waals surface area contributed by atoms with E-state index in [1.807, 2.05) is 0 Å². The number of alkyl carbamates (subject to hydrolysis) is 1. The highest BCUT2D eigenvalue weighted by Gasteiger charge is 2.91. The maximum absolute atomic E-state index is 14.4. The van der Waals surface area contributed by atoms with E-state index >= 15 is 0 Å². The summed E-state index contributed by atoms with van der Waals surface area (Å²) in [6.45, 7) is 3.38. The number of esters is 1. The Balaban J connectivity index is 6.51. The lowest BCUT2D eigenvalue weighted by atomic mass is 9.84. The molecule has 1 N–H and O–H groups in total. The van der Waals surface area contributed by atoms with Gasteiger partial charge in [-0.2, -0.15) is 57.1 Å². The van der Waals surface area contributed by atoms with Crippen LogP contribution in [0, 0.1) is 5.92 Å². The molecule has 0 aliphatic carbocycles. The van der Waals surface area contributed by atoms with Crippen molar-refractivity contribution in [3.05, 3.63) is 0 Å². The minimum atomic E-state index is -8.09. The van der Waals surface area contributed by atoms with Crippen molar-refractivity contribution in [1.29, 1.82) is 0 Å². The highest BCUT2D eigenvalue weighted by atomic mass is 19.4. The Kier molecular flexibility index (Phi) is 8.54. The molecule has 0 aromatic carbocycles. The molecular formula is C16H18F13NO4. The van der Waals surface area contributed by atoms with Gasteiger partial charge in [-0.3, -0.25) is 0 Å². The second kappa shape index (κ2) is 9.13. The summed E-state index contributed by atoms with van der Waals surface area (Å²) in [4.78, 5) is 23.4. The average molecular weight is 535 g/mol. The second-order valence-corrected chi connectivity index (χ2v) is 7.85. The quantitative estimate of drug-likeness (QED) is 0.333. The summed E-state index contributed by atoms with van der Waals surface area (Å²) in [6, 6.07) is -3.05. The number of carbonyl (C=O) groups excluding carboxylic acids is 2. The average Bonchev–Trinajstić information content (AvgIpc) is 2.61. The van der Waals surface area contributed by atoms with Crippen LogP contribution in [0.3, 0.4) is 0 Å². The zero-order valence-corrected chi connectivity index (χ0v) is 17.7. The third kappa shape index (κ3) is 5.39. The molecule has 1 amide bonds. The maximum atomic E-state index is 14.4. The number of carbonyl (C=O) groups is 2. The number of alkyl halides is 13. The van der Waals surface area contributed by atoms with Gasteiger partial charge < -0.3 is 14.8 Å². The van der Waals surface area contributed by atoms with Crippen LogP contribution in [0.2, 0.25) is 0 Å². The van der Waals surface area contributed by atoms with Crippen molar-refractivity contribution in [2.24, 2.45) is 5.92 Å². The number of hydrogen-bond donors (Lipinski definition) is 1. The molecule has 0 radical (unpaired) electrons. The molecule has 0 saturated carbocycles. The summed E-state index contributed by atoms with van der Waals surface area (Å²) in [6.07, 6.45) is -9.35. The van der Waals surface area contributed by atoms with E-state index in [9.17, 15) is 66.7 Å². The van der Waals surface area contributed by atoms with Crippen molar-refractivity contribution in [1.82, 2.24) is 5.32 Å². The summed E-state index contributed by atoms with van der Waals surface area (Å²) >= 11 is 0. The first-order chi connectivity index (χ1) is 14.6. The SMILES string of the molecule is COC(=O)C(NC(=O)OC(C)(C)C)C(C)C(F)(F)C(F)(F)C(F)(F)C(F)(F)C(F)(F)C(F)(F)F. The first-order valence-corrected chi connectivity index (χ1v) is 8.66.